The van der Waals surface area contributed by atoms with Gasteiger partial charge in [-0.2, -0.15) is 0 Å². The first kappa shape index (κ1) is 13.7. The molecule has 100 valence electrons. The maximum absolute atomic E-state index is 11.3. The Morgan fingerprint density at radius 2 is 1.95 bits per heavy atom. The molecule has 1 aromatic heterocycles. The molecule has 0 spiro atoms. The average Bonchev–Trinajstić information content (AvgIpc) is 2.86. The van der Waals surface area contributed by atoms with Gasteiger partial charge in [0.25, 0.3) is 0 Å². The number of carbonyl (C=O) groups excluding carboxylic acids is 1. The van der Waals surface area contributed by atoms with Gasteiger partial charge in [0.05, 0.1) is 17.7 Å². The highest BCUT2D eigenvalue weighted by molar-refractivity contribution is 7.89. The van der Waals surface area contributed by atoms with E-state index in [9.17, 15) is 13.2 Å². The van der Waals surface area contributed by atoms with Crippen LogP contribution in [-0.4, -0.2) is 26.5 Å². The fraction of sp³-hybridized carbons (Fsp3) is 0.0909. The van der Waals surface area contributed by atoms with Crippen LogP contribution >= 0.6 is 11.3 Å². The second kappa shape index (κ2) is 5.08. The van der Waals surface area contributed by atoms with Gasteiger partial charge >= 0.3 is 5.97 Å². The quantitative estimate of drug-likeness (QED) is 0.859. The van der Waals surface area contributed by atoms with E-state index in [2.05, 4.69) is 9.72 Å². The Morgan fingerprint density at radius 3 is 2.47 bits per heavy atom. The molecule has 0 aliphatic carbocycles. The number of thiazole rings is 1. The highest BCUT2D eigenvalue weighted by Gasteiger charge is 2.13. The summed E-state index contributed by atoms with van der Waals surface area (Å²) >= 11 is 1.16. The highest BCUT2D eigenvalue weighted by atomic mass is 32.2. The van der Waals surface area contributed by atoms with Crippen LogP contribution in [0.15, 0.2) is 34.5 Å². The first-order valence-electron chi connectivity index (χ1n) is 5.09. The van der Waals surface area contributed by atoms with E-state index >= 15 is 0 Å². The van der Waals surface area contributed by atoms with Gasteiger partial charge in [-0.3, -0.25) is 0 Å². The van der Waals surface area contributed by atoms with Crippen LogP contribution in [0.1, 0.15) is 9.80 Å². The van der Waals surface area contributed by atoms with Gasteiger partial charge in [0, 0.05) is 10.9 Å². The molecule has 0 fully saturated rings. The number of nitrogens with zero attached hydrogens (tertiary/aromatic N) is 1. The fourth-order valence-corrected chi connectivity index (χ4v) is 2.66. The molecular formula is C11H10N2O4S2. The third-order valence-corrected chi connectivity index (χ3v) is 4.09. The van der Waals surface area contributed by atoms with Crippen molar-refractivity contribution in [2.45, 2.75) is 4.90 Å². The van der Waals surface area contributed by atoms with Gasteiger partial charge in [0.2, 0.25) is 15.0 Å². The number of esters is 1. The van der Waals surface area contributed by atoms with Crippen LogP contribution in [0.5, 0.6) is 0 Å². The Labute approximate surface area is 113 Å². The summed E-state index contributed by atoms with van der Waals surface area (Å²) in [7, 11) is -2.42. The number of carbonyl (C=O) groups is 1. The molecule has 19 heavy (non-hydrogen) atoms. The van der Waals surface area contributed by atoms with E-state index in [1.165, 1.54) is 19.2 Å². The average molecular weight is 298 g/mol. The lowest BCUT2D eigenvalue weighted by Gasteiger charge is -1.99. The summed E-state index contributed by atoms with van der Waals surface area (Å²) in [4.78, 5) is 15.4. The summed E-state index contributed by atoms with van der Waals surface area (Å²) in [5, 5.41) is 6.94. The first-order valence-corrected chi connectivity index (χ1v) is 7.51. The predicted molar refractivity (Wildman–Crippen MR) is 70.3 cm³/mol. The van der Waals surface area contributed by atoms with Crippen molar-refractivity contribution in [2.75, 3.05) is 7.11 Å². The normalized spacial score (nSPS) is 11.3. The van der Waals surface area contributed by atoms with Crippen molar-refractivity contribution in [3.05, 3.63) is 34.7 Å². The minimum absolute atomic E-state index is 0.0275. The summed E-state index contributed by atoms with van der Waals surface area (Å²) in [5.41, 5.74) is 1.27. The number of rotatable bonds is 3. The fourth-order valence-electron chi connectivity index (χ4n) is 1.40. The number of sulfonamides is 1. The van der Waals surface area contributed by atoms with Crippen molar-refractivity contribution >= 4 is 27.3 Å². The second-order valence-electron chi connectivity index (χ2n) is 3.60. The van der Waals surface area contributed by atoms with Gasteiger partial charge in [0.1, 0.15) is 0 Å². The summed E-state index contributed by atoms with van der Waals surface area (Å²) < 4.78 is 26.8. The molecule has 8 heteroatoms. The lowest BCUT2D eigenvalue weighted by atomic mass is 10.2. The minimum atomic E-state index is -3.71. The van der Waals surface area contributed by atoms with Crippen molar-refractivity contribution in [1.82, 2.24) is 4.98 Å². The zero-order valence-electron chi connectivity index (χ0n) is 9.86. The van der Waals surface area contributed by atoms with Gasteiger partial charge in [-0.05, 0) is 12.1 Å². The summed E-state index contributed by atoms with van der Waals surface area (Å²) in [5.74, 6) is -0.502. The lowest BCUT2D eigenvalue weighted by Crippen LogP contribution is -2.11. The third kappa shape index (κ3) is 2.98. The molecule has 1 aromatic carbocycles. The van der Waals surface area contributed by atoms with Crippen molar-refractivity contribution in [1.29, 1.82) is 0 Å². The molecule has 1 heterocycles. The van der Waals surface area contributed by atoms with E-state index in [1.54, 1.807) is 17.5 Å². The molecular weight excluding hydrogens is 288 g/mol. The number of hydrogen-bond acceptors (Lipinski definition) is 6. The number of hydrogen-bond donors (Lipinski definition) is 1. The van der Waals surface area contributed by atoms with Crippen molar-refractivity contribution in [3.63, 3.8) is 0 Å². The maximum Gasteiger partial charge on any atom is 0.367 e. The van der Waals surface area contributed by atoms with E-state index in [1.807, 2.05) is 0 Å². The van der Waals surface area contributed by atoms with E-state index in [4.69, 9.17) is 5.14 Å². The molecule has 0 aliphatic rings. The first-order chi connectivity index (χ1) is 8.91. The molecule has 2 aromatic rings. The van der Waals surface area contributed by atoms with Crippen LogP contribution in [0, 0.1) is 0 Å². The largest absolute Gasteiger partial charge is 0.464 e. The number of benzene rings is 1. The highest BCUT2D eigenvalue weighted by Crippen LogP contribution is 2.23. The standard InChI is InChI=1S/C11H10N2O4S2/c1-17-11(14)10-13-9(6-18-10)7-2-4-8(5-3-7)19(12,15)16/h2-6H,1H3,(H2,12,15,16). The van der Waals surface area contributed by atoms with Crippen LogP contribution in [0.2, 0.25) is 0 Å². The Bertz CT molecular complexity index is 705. The molecule has 0 aliphatic heterocycles. The Balaban J connectivity index is 2.33. The van der Waals surface area contributed by atoms with Crippen molar-refractivity contribution in [2.24, 2.45) is 5.14 Å². The van der Waals surface area contributed by atoms with Crippen LogP contribution in [0.4, 0.5) is 0 Å². The van der Waals surface area contributed by atoms with Gasteiger partial charge in [0.15, 0.2) is 0 Å². The van der Waals surface area contributed by atoms with Gasteiger partial charge in [-0.1, -0.05) is 12.1 Å². The summed E-state index contributed by atoms with van der Waals surface area (Å²) in [6.45, 7) is 0. The third-order valence-electron chi connectivity index (χ3n) is 2.34. The number of nitrogens with two attached hydrogens (primary N) is 1. The Morgan fingerprint density at radius 1 is 1.32 bits per heavy atom. The molecule has 0 saturated heterocycles. The molecule has 2 N–H and O–H groups in total. The predicted octanol–water partition coefficient (Wildman–Crippen LogP) is 1.24. The van der Waals surface area contributed by atoms with E-state index in [-0.39, 0.29) is 9.90 Å². The van der Waals surface area contributed by atoms with E-state index in [0.717, 1.165) is 11.3 Å². The van der Waals surface area contributed by atoms with Crippen LogP contribution in [-0.2, 0) is 14.8 Å². The molecule has 6 nitrogen and oxygen atoms in total. The van der Waals surface area contributed by atoms with Gasteiger partial charge in [-0.15, -0.1) is 11.3 Å². The zero-order chi connectivity index (χ0) is 14.0. The summed E-state index contributed by atoms with van der Waals surface area (Å²) in [6.07, 6.45) is 0. The molecule has 0 saturated carbocycles. The van der Waals surface area contributed by atoms with Crippen molar-refractivity contribution < 1.29 is 17.9 Å². The SMILES string of the molecule is COC(=O)c1nc(-c2ccc(S(N)(=O)=O)cc2)cs1. The molecule has 2 rings (SSSR count). The second-order valence-corrected chi connectivity index (χ2v) is 6.02. The maximum atomic E-state index is 11.3. The van der Waals surface area contributed by atoms with Crippen LogP contribution < -0.4 is 5.14 Å². The van der Waals surface area contributed by atoms with Crippen molar-refractivity contribution in [3.8, 4) is 11.3 Å². The zero-order valence-corrected chi connectivity index (χ0v) is 11.5. The van der Waals surface area contributed by atoms with E-state index < -0.39 is 16.0 Å². The number of ether oxygens (including phenoxy) is 1. The lowest BCUT2D eigenvalue weighted by molar-refractivity contribution is 0.0600. The Kier molecular flexibility index (Phi) is 3.65. The minimum Gasteiger partial charge on any atom is -0.464 e. The molecule has 0 unspecified atom stereocenters. The monoisotopic (exact) mass is 298 g/mol. The topological polar surface area (TPSA) is 99.3 Å². The molecule has 0 radical (unpaired) electrons. The van der Waals surface area contributed by atoms with Crippen LogP contribution in [0.25, 0.3) is 11.3 Å². The number of primary sulfonamides is 1. The number of aromatic nitrogens is 1. The molecule has 0 amide bonds. The van der Waals surface area contributed by atoms with Gasteiger partial charge < -0.3 is 4.74 Å². The van der Waals surface area contributed by atoms with E-state index in [0.29, 0.717) is 11.3 Å². The number of methoxy groups -OCH3 is 1. The smallest absolute Gasteiger partial charge is 0.367 e. The molecule has 0 atom stereocenters. The van der Waals surface area contributed by atoms with Crippen LogP contribution in [0.3, 0.4) is 0 Å². The van der Waals surface area contributed by atoms with Gasteiger partial charge in [-0.25, -0.2) is 23.3 Å². The Hall–Kier alpha value is -1.77. The summed E-state index contributed by atoms with van der Waals surface area (Å²) in [6, 6.07) is 5.94. The molecule has 0 bridgehead atoms.